The van der Waals surface area contributed by atoms with Gasteiger partial charge < -0.3 is 33.6 Å². The van der Waals surface area contributed by atoms with Crippen molar-refractivity contribution in [3.8, 4) is 0 Å². The van der Waals surface area contributed by atoms with Gasteiger partial charge in [-0.1, -0.05) is 36.7 Å². The molecule has 0 aromatic heterocycles. The largest absolute Gasteiger partial charge is 1.00 e. The van der Waals surface area contributed by atoms with Crippen molar-refractivity contribution in [2.24, 2.45) is 0 Å². The van der Waals surface area contributed by atoms with Gasteiger partial charge in [0, 0.05) is 5.33 Å². The highest BCUT2D eigenvalue weighted by molar-refractivity contribution is 9.09. The van der Waals surface area contributed by atoms with Gasteiger partial charge in [-0.2, -0.15) is 0 Å². The molecule has 1 unspecified atom stereocenters. The number of nitrogens with zero attached hydrogens (tertiary/aromatic N) is 1. The van der Waals surface area contributed by atoms with Crippen molar-refractivity contribution < 1.29 is 33.6 Å². The molecule has 0 heterocycles. The average molecular weight is 408 g/mol. The van der Waals surface area contributed by atoms with E-state index < -0.39 is 0 Å². The molecule has 0 aliphatic carbocycles. The van der Waals surface area contributed by atoms with Crippen LogP contribution in [0.5, 0.6) is 0 Å². The van der Waals surface area contributed by atoms with Crippen molar-refractivity contribution in [2.45, 2.75) is 46.1 Å². The monoisotopic (exact) mass is 407 g/mol. The first-order chi connectivity index (χ1) is 7.14. The van der Waals surface area contributed by atoms with E-state index >= 15 is 0 Å². The Bertz CT molecular complexity index is 141. The van der Waals surface area contributed by atoms with Gasteiger partial charge in [0.25, 0.3) is 0 Å². The van der Waals surface area contributed by atoms with E-state index in [1.165, 1.54) is 38.9 Å². The van der Waals surface area contributed by atoms with Gasteiger partial charge in [-0.15, -0.1) is 0 Å². The van der Waals surface area contributed by atoms with E-state index in [-0.39, 0.29) is 30.1 Å². The summed E-state index contributed by atoms with van der Waals surface area (Å²) in [6.07, 6.45) is 3.41. The zero-order valence-corrected chi connectivity index (χ0v) is 14.6. The maximum absolute atomic E-state index is 9.81. The van der Waals surface area contributed by atoms with Gasteiger partial charge >= 0.3 is 0 Å². The van der Waals surface area contributed by atoms with Gasteiger partial charge in [0.05, 0.1) is 19.6 Å². The highest BCUT2D eigenvalue weighted by Crippen LogP contribution is 2.13. The topological polar surface area (TPSA) is 20.2 Å². The number of rotatable bonds is 9. The zero-order chi connectivity index (χ0) is 11.7. The molecule has 4 heteroatoms. The number of aliphatic hydroxyl groups is 1. The van der Waals surface area contributed by atoms with E-state index in [2.05, 4.69) is 36.7 Å². The van der Waals surface area contributed by atoms with Crippen LogP contribution in [0.25, 0.3) is 0 Å². The summed E-state index contributed by atoms with van der Waals surface area (Å²) in [6, 6.07) is 0. The second kappa shape index (κ2) is 11.2. The summed E-state index contributed by atoms with van der Waals surface area (Å²) < 4.78 is 1.09. The van der Waals surface area contributed by atoms with Crippen molar-refractivity contribution in [1.29, 1.82) is 0 Å². The van der Waals surface area contributed by atoms with Gasteiger partial charge in [0.2, 0.25) is 0 Å². The fourth-order valence-electron chi connectivity index (χ4n) is 2.53. The van der Waals surface area contributed by atoms with Crippen LogP contribution in [0, 0.1) is 0 Å². The van der Waals surface area contributed by atoms with Crippen LogP contribution in [0.1, 0.15) is 40.0 Å². The third kappa shape index (κ3) is 7.45. The Labute approximate surface area is 127 Å². The third-order valence-corrected chi connectivity index (χ3v) is 3.62. The molecule has 0 aliphatic heterocycles. The SMILES string of the molecule is CCC[N+](CCC)(CCC)CC(O)CBr.[I-]. The van der Waals surface area contributed by atoms with E-state index in [9.17, 15) is 5.11 Å². The number of aliphatic hydroxyl groups excluding tert-OH is 1. The lowest BCUT2D eigenvalue weighted by molar-refractivity contribution is -0.930. The Morgan fingerprint density at radius 3 is 1.62 bits per heavy atom. The molecule has 0 fully saturated rings. The lowest BCUT2D eigenvalue weighted by atomic mass is 10.2. The van der Waals surface area contributed by atoms with Crippen LogP contribution in [0.3, 0.4) is 0 Å². The molecule has 0 aliphatic rings. The molecule has 2 nitrogen and oxygen atoms in total. The number of hydrogen-bond donors (Lipinski definition) is 1. The molecule has 0 bridgehead atoms. The second-order valence-electron chi connectivity index (χ2n) is 4.50. The molecule has 1 N–H and O–H groups in total. The minimum Gasteiger partial charge on any atom is -1.00 e. The van der Waals surface area contributed by atoms with Gasteiger partial charge in [-0.05, 0) is 19.3 Å². The van der Waals surface area contributed by atoms with Crippen molar-refractivity contribution in [2.75, 3.05) is 31.5 Å². The molecular weight excluding hydrogens is 381 g/mol. The fraction of sp³-hybridized carbons (Fsp3) is 1.00. The minimum atomic E-state index is -0.199. The van der Waals surface area contributed by atoms with Crippen LogP contribution in [0.2, 0.25) is 0 Å². The lowest BCUT2D eigenvalue weighted by Gasteiger charge is -2.39. The van der Waals surface area contributed by atoms with E-state index in [0.29, 0.717) is 5.33 Å². The molecule has 0 aromatic carbocycles. The van der Waals surface area contributed by atoms with Crippen molar-refractivity contribution >= 4 is 15.9 Å². The van der Waals surface area contributed by atoms with Crippen LogP contribution in [0.4, 0.5) is 0 Å². The Morgan fingerprint density at radius 2 is 1.38 bits per heavy atom. The van der Waals surface area contributed by atoms with E-state index in [1.54, 1.807) is 0 Å². The van der Waals surface area contributed by atoms with Crippen LogP contribution in [0.15, 0.2) is 0 Å². The molecular formula is C12H27BrINO. The van der Waals surface area contributed by atoms with Gasteiger partial charge in [-0.3, -0.25) is 0 Å². The van der Waals surface area contributed by atoms with Gasteiger partial charge in [0.15, 0.2) is 0 Å². The van der Waals surface area contributed by atoms with Crippen molar-refractivity contribution in [3.63, 3.8) is 0 Å². The molecule has 0 saturated heterocycles. The molecule has 0 radical (unpaired) electrons. The molecule has 0 saturated carbocycles. The maximum Gasteiger partial charge on any atom is 0.113 e. The predicted octanol–water partition coefficient (Wildman–Crippen LogP) is -0.207. The standard InChI is InChI=1S/C12H27BrNO.HI/c1-4-7-14(8-5-2,9-6-3)11-12(15)10-13;/h12,15H,4-11H2,1-3H3;1H/q+1;/p-1. The molecule has 0 rings (SSSR count). The number of hydrogen-bond acceptors (Lipinski definition) is 1. The first-order valence-corrected chi connectivity index (χ1v) is 7.35. The van der Waals surface area contributed by atoms with Crippen molar-refractivity contribution in [3.05, 3.63) is 0 Å². The lowest BCUT2D eigenvalue weighted by Crippen LogP contribution is -3.00. The smallest absolute Gasteiger partial charge is 0.113 e. The highest BCUT2D eigenvalue weighted by atomic mass is 127. The molecule has 100 valence electrons. The summed E-state index contributed by atoms with van der Waals surface area (Å²) in [7, 11) is 0. The average Bonchev–Trinajstić information content (AvgIpc) is 2.18. The highest BCUT2D eigenvalue weighted by Gasteiger charge is 2.27. The minimum absolute atomic E-state index is 0. The second-order valence-corrected chi connectivity index (χ2v) is 5.15. The molecule has 0 amide bonds. The Morgan fingerprint density at radius 1 is 1.00 bits per heavy atom. The van der Waals surface area contributed by atoms with Crippen LogP contribution in [-0.4, -0.2) is 47.2 Å². The summed E-state index contributed by atoms with van der Waals surface area (Å²) in [5, 5.41) is 10.5. The summed E-state index contributed by atoms with van der Waals surface area (Å²) in [6.45, 7) is 11.2. The van der Waals surface area contributed by atoms with Crippen LogP contribution >= 0.6 is 15.9 Å². The third-order valence-electron chi connectivity index (χ3n) is 2.87. The number of quaternary nitrogens is 1. The maximum atomic E-state index is 9.81. The van der Waals surface area contributed by atoms with Crippen LogP contribution < -0.4 is 24.0 Å². The summed E-state index contributed by atoms with van der Waals surface area (Å²) in [5.41, 5.74) is 0. The van der Waals surface area contributed by atoms with E-state index in [1.807, 2.05) is 0 Å². The first kappa shape index (κ1) is 19.5. The van der Waals surface area contributed by atoms with E-state index in [4.69, 9.17) is 0 Å². The molecule has 1 atom stereocenters. The predicted molar refractivity (Wildman–Crippen MR) is 70.4 cm³/mol. The number of halogens is 2. The zero-order valence-electron chi connectivity index (χ0n) is 10.9. The molecule has 0 aromatic rings. The number of alkyl halides is 1. The molecule has 0 spiro atoms. The Kier molecular flexibility index (Phi) is 13.7. The van der Waals surface area contributed by atoms with Gasteiger partial charge in [0.1, 0.15) is 12.6 Å². The van der Waals surface area contributed by atoms with E-state index in [0.717, 1.165) is 11.0 Å². The fourth-order valence-corrected chi connectivity index (χ4v) is 2.73. The van der Waals surface area contributed by atoms with Gasteiger partial charge in [-0.25, -0.2) is 0 Å². The molecule has 16 heavy (non-hydrogen) atoms. The first-order valence-electron chi connectivity index (χ1n) is 6.23. The summed E-state index contributed by atoms with van der Waals surface area (Å²) >= 11 is 3.36. The Balaban J connectivity index is 0. The normalized spacial score (nSPS) is 13.3. The van der Waals surface area contributed by atoms with Crippen molar-refractivity contribution in [1.82, 2.24) is 0 Å². The van der Waals surface area contributed by atoms with Crippen LogP contribution in [-0.2, 0) is 0 Å². The summed E-state index contributed by atoms with van der Waals surface area (Å²) in [5.74, 6) is 0. The summed E-state index contributed by atoms with van der Waals surface area (Å²) in [4.78, 5) is 0. The quantitative estimate of drug-likeness (QED) is 0.318. The Hall–Kier alpha value is 1.13.